The number of alkyl halides is 3. The van der Waals surface area contributed by atoms with Crippen molar-refractivity contribution in [2.24, 2.45) is 0 Å². The zero-order chi connectivity index (χ0) is 21.2. The van der Waals surface area contributed by atoms with Gasteiger partial charge in [-0.25, -0.2) is 9.97 Å². The van der Waals surface area contributed by atoms with E-state index in [9.17, 15) is 18.0 Å². The number of carbonyl (C=O) groups is 1. The van der Waals surface area contributed by atoms with Crippen LogP contribution in [-0.2, 0) is 18.3 Å². The molecule has 0 saturated heterocycles. The molecule has 0 aliphatic carbocycles. The number of hydrogen-bond donors (Lipinski definition) is 2. The van der Waals surface area contributed by atoms with Crippen molar-refractivity contribution in [3.63, 3.8) is 0 Å². The van der Waals surface area contributed by atoms with Crippen LogP contribution in [0, 0.1) is 13.8 Å². The van der Waals surface area contributed by atoms with E-state index in [-0.39, 0.29) is 10.3 Å². The summed E-state index contributed by atoms with van der Waals surface area (Å²) in [6, 6.07) is 7.83. The molecular formula is C19H19F3N4OS2. The van der Waals surface area contributed by atoms with Gasteiger partial charge in [-0.1, -0.05) is 43.0 Å². The highest BCUT2D eigenvalue weighted by Crippen LogP contribution is 2.33. The first-order chi connectivity index (χ1) is 13.7. The summed E-state index contributed by atoms with van der Waals surface area (Å²) in [7, 11) is 0. The summed E-state index contributed by atoms with van der Waals surface area (Å²) in [6.45, 7) is 5.63. The number of halogens is 3. The van der Waals surface area contributed by atoms with E-state index in [1.54, 1.807) is 6.92 Å². The Bertz CT molecular complexity index is 990. The van der Waals surface area contributed by atoms with Crippen molar-refractivity contribution in [2.45, 2.75) is 44.3 Å². The van der Waals surface area contributed by atoms with Crippen LogP contribution in [-0.4, -0.2) is 20.9 Å². The number of thioether (sulfide) groups is 1. The number of thiazole rings is 1. The summed E-state index contributed by atoms with van der Waals surface area (Å²) in [5.74, 6) is -0.512. The Morgan fingerprint density at radius 1 is 1.17 bits per heavy atom. The summed E-state index contributed by atoms with van der Waals surface area (Å²) >= 11 is 2.31. The molecule has 0 unspecified atom stereocenters. The van der Waals surface area contributed by atoms with E-state index in [0.29, 0.717) is 11.4 Å². The molecule has 2 N–H and O–H groups in total. The van der Waals surface area contributed by atoms with E-state index in [0.717, 1.165) is 28.6 Å². The number of rotatable bonds is 6. The molecule has 0 aliphatic heterocycles. The molecule has 2 heterocycles. The van der Waals surface area contributed by atoms with Crippen LogP contribution in [0.3, 0.4) is 0 Å². The number of hydrogen-bond acceptors (Lipinski definition) is 5. The average molecular weight is 441 g/mol. The van der Waals surface area contributed by atoms with Crippen LogP contribution in [0.1, 0.15) is 44.8 Å². The Labute approximate surface area is 174 Å². The highest BCUT2D eigenvalue weighted by molar-refractivity contribution is 7.98. The largest absolute Gasteiger partial charge is 0.433 e. The van der Waals surface area contributed by atoms with E-state index in [1.165, 1.54) is 16.9 Å². The molecule has 2 aromatic heterocycles. The zero-order valence-corrected chi connectivity index (χ0v) is 17.6. The van der Waals surface area contributed by atoms with Crippen molar-refractivity contribution in [2.75, 3.05) is 5.32 Å². The lowest BCUT2D eigenvalue weighted by atomic mass is 10.1. The number of benzene rings is 1. The van der Waals surface area contributed by atoms with Crippen molar-refractivity contribution >= 4 is 34.1 Å². The third-order valence-corrected chi connectivity index (χ3v) is 6.17. The molecule has 0 atom stereocenters. The molecule has 1 aromatic carbocycles. The maximum atomic E-state index is 13.4. The fourth-order valence-electron chi connectivity index (χ4n) is 2.49. The number of amides is 1. The molecule has 5 nitrogen and oxygen atoms in total. The third-order valence-electron chi connectivity index (χ3n) is 4.24. The Kier molecular flexibility index (Phi) is 6.33. The van der Waals surface area contributed by atoms with Crippen LogP contribution in [0.25, 0.3) is 0 Å². The number of nitrogens with zero attached hydrogens (tertiary/aromatic N) is 2. The summed E-state index contributed by atoms with van der Waals surface area (Å²) in [4.78, 5) is 23.6. The Hall–Kier alpha value is -2.33. The molecular weight excluding hydrogens is 421 g/mol. The predicted molar refractivity (Wildman–Crippen MR) is 109 cm³/mol. The Morgan fingerprint density at radius 2 is 1.83 bits per heavy atom. The molecule has 0 fully saturated rings. The van der Waals surface area contributed by atoms with Gasteiger partial charge in [0.1, 0.15) is 0 Å². The maximum Gasteiger partial charge on any atom is 0.433 e. The van der Waals surface area contributed by atoms with Crippen molar-refractivity contribution < 1.29 is 18.0 Å². The van der Waals surface area contributed by atoms with Gasteiger partial charge in [0.15, 0.2) is 21.7 Å². The monoisotopic (exact) mass is 440 g/mol. The number of aromatic amines is 1. The lowest BCUT2D eigenvalue weighted by Gasteiger charge is -2.05. The molecule has 0 saturated carbocycles. The molecule has 3 rings (SSSR count). The molecule has 29 heavy (non-hydrogen) atoms. The number of H-pyrrole nitrogens is 1. The minimum atomic E-state index is -4.73. The molecule has 0 aliphatic rings. The van der Waals surface area contributed by atoms with Crippen LogP contribution in [0.2, 0.25) is 0 Å². The highest BCUT2D eigenvalue weighted by Gasteiger charge is 2.39. The lowest BCUT2D eigenvalue weighted by Crippen LogP contribution is -2.18. The number of aromatic nitrogens is 3. The van der Waals surface area contributed by atoms with Crippen molar-refractivity contribution in [3.05, 3.63) is 57.4 Å². The average Bonchev–Trinajstić information content (AvgIpc) is 3.24. The second-order valence-electron chi connectivity index (χ2n) is 6.34. The van der Waals surface area contributed by atoms with Crippen molar-refractivity contribution in [1.82, 2.24) is 15.0 Å². The highest BCUT2D eigenvalue weighted by atomic mass is 32.2. The van der Waals surface area contributed by atoms with Gasteiger partial charge in [-0.3, -0.25) is 10.1 Å². The Balaban J connectivity index is 1.78. The van der Waals surface area contributed by atoms with Crippen molar-refractivity contribution in [3.8, 4) is 0 Å². The summed E-state index contributed by atoms with van der Waals surface area (Å²) < 4.78 is 40.2. The standard InChI is InChI=1S/C19H19F3N4OS2/c1-4-12-5-7-13(8-6-12)9-28-17-24-14(15(25-17)19(20,21)22)16(27)26-18-23-10(2)11(3)29-18/h5-8H,4,9H2,1-3H3,(H,24,25)(H,23,26,27). The quantitative estimate of drug-likeness (QED) is 0.489. The summed E-state index contributed by atoms with van der Waals surface area (Å²) in [5.41, 5.74) is 1.00. The van der Waals surface area contributed by atoms with Gasteiger partial charge in [-0.15, -0.1) is 11.3 Å². The first-order valence-electron chi connectivity index (χ1n) is 8.80. The number of aryl methyl sites for hydroxylation is 3. The van der Waals surface area contributed by atoms with Crippen LogP contribution in [0.15, 0.2) is 29.4 Å². The predicted octanol–water partition coefficient (Wildman–Crippen LogP) is 5.61. The Morgan fingerprint density at radius 3 is 2.38 bits per heavy atom. The molecule has 0 bridgehead atoms. The molecule has 0 radical (unpaired) electrons. The minimum Gasteiger partial charge on any atom is -0.329 e. The molecule has 10 heteroatoms. The summed E-state index contributed by atoms with van der Waals surface area (Å²) in [5, 5.41) is 2.69. The van der Waals surface area contributed by atoms with Gasteiger partial charge in [-0.2, -0.15) is 13.2 Å². The van der Waals surface area contributed by atoms with Gasteiger partial charge < -0.3 is 4.98 Å². The maximum absolute atomic E-state index is 13.4. The van der Waals surface area contributed by atoms with Gasteiger partial charge in [-0.05, 0) is 31.4 Å². The summed E-state index contributed by atoms with van der Waals surface area (Å²) in [6.07, 6.45) is -3.81. The number of carbonyl (C=O) groups excluding carboxylic acids is 1. The van der Waals surface area contributed by atoms with Gasteiger partial charge in [0.05, 0.1) is 5.69 Å². The van der Waals surface area contributed by atoms with Gasteiger partial charge in [0, 0.05) is 10.6 Å². The smallest absolute Gasteiger partial charge is 0.329 e. The van der Waals surface area contributed by atoms with Crippen LogP contribution < -0.4 is 5.32 Å². The number of nitrogens with one attached hydrogen (secondary N) is 2. The van der Waals surface area contributed by atoms with Gasteiger partial charge in [0.25, 0.3) is 5.91 Å². The topological polar surface area (TPSA) is 70.7 Å². The fraction of sp³-hybridized carbons (Fsp3) is 0.316. The fourth-order valence-corrected chi connectivity index (χ4v) is 4.13. The van der Waals surface area contributed by atoms with Crippen molar-refractivity contribution in [1.29, 1.82) is 0 Å². The van der Waals surface area contributed by atoms with Crippen LogP contribution >= 0.6 is 23.1 Å². The number of imidazole rings is 1. The second kappa shape index (κ2) is 8.58. The third kappa shape index (κ3) is 5.18. The van der Waals surface area contributed by atoms with E-state index in [2.05, 4.69) is 20.3 Å². The minimum absolute atomic E-state index is 0.0357. The number of anilines is 1. The zero-order valence-electron chi connectivity index (χ0n) is 16.0. The second-order valence-corrected chi connectivity index (χ2v) is 8.50. The first kappa shape index (κ1) is 21.4. The molecule has 1 amide bonds. The van der Waals surface area contributed by atoms with Gasteiger partial charge >= 0.3 is 6.18 Å². The van der Waals surface area contributed by atoms with E-state index < -0.39 is 23.5 Å². The molecule has 0 spiro atoms. The van der Waals surface area contributed by atoms with Crippen LogP contribution in [0.5, 0.6) is 0 Å². The van der Waals surface area contributed by atoms with E-state index in [1.807, 2.05) is 38.1 Å². The molecule has 154 valence electrons. The van der Waals surface area contributed by atoms with Crippen LogP contribution in [0.4, 0.5) is 18.3 Å². The van der Waals surface area contributed by atoms with Gasteiger partial charge in [0.2, 0.25) is 0 Å². The lowest BCUT2D eigenvalue weighted by molar-refractivity contribution is -0.141. The molecule has 3 aromatic rings. The normalized spacial score (nSPS) is 11.7. The SMILES string of the molecule is CCc1ccc(CSc2nc(C(=O)Nc3nc(C)c(C)s3)c(C(F)(F)F)[nH]2)cc1. The first-order valence-corrected chi connectivity index (χ1v) is 10.6. The van der Waals surface area contributed by atoms with E-state index in [4.69, 9.17) is 0 Å². The van der Waals surface area contributed by atoms with E-state index >= 15 is 0 Å².